The van der Waals surface area contributed by atoms with Gasteiger partial charge in [-0.2, -0.15) is 9.78 Å². The van der Waals surface area contributed by atoms with Crippen molar-refractivity contribution in [2.75, 3.05) is 0 Å². The molecule has 4 rings (SSSR count). The molecule has 29 heavy (non-hydrogen) atoms. The number of aryl methyl sites for hydroxylation is 2. The largest absolute Gasteiger partial charge is 0.353 e. The number of nitrogens with zero attached hydrogens (tertiary/aromatic N) is 3. The van der Waals surface area contributed by atoms with Gasteiger partial charge in [-0.15, -0.1) is 0 Å². The SMILES string of the molecule is CCn1cc(C(=O)NCc2ccc(C)cc2)c2nn(-c3ccccc3)c(=O)c-2c1. The van der Waals surface area contributed by atoms with E-state index < -0.39 is 0 Å². The van der Waals surface area contributed by atoms with Crippen molar-refractivity contribution >= 4 is 5.91 Å². The second-order valence-electron chi connectivity index (χ2n) is 6.99. The minimum absolute atomic E-state index is 0.235. The lowest BCUT2D eigenvalue weighted by atomic mass is 10.1. The standard InChI is InChI=1S/C23H22N4O2/c1-3-26-14-19(22(28)24-13-17-11-9-16(2)10-12-17)21-20(15-26)23(29)27(25-21)18-7-5-4-6-8-18/h4-12,14-15H,3,13H2,1-2H3,(H,24,28). The first-order valence-electron chi connectivity index (χ1n) is 9.59. The molecule has 0 saturated heterocycles. The smallest absolute Gasteiger partial charge is 0.282 e. The van der Waals surface area contributed by atoms with Crippen LogP contribution in [0.25, 0.3) is 16.9 Å². The van der Waals surface area contributed by atoms with E-state index >= 15 is 0 Å². The number of pyridine rings is 1. The Balaban J connectivity index is 1.72. The number of rotatable bonds is 5. The Hall–Kier alpha value is -3.67. The Morgan fingerprint density at radius 3 is 2.45 bits per heavy atom. The van der Waals surface area contributed by atoms with Crippen molar-refractivity contribution in [2.24, 2.45) is 0 Å². The molecule has 0 fully saturated rings. The molecule has 0 bridgehead atoms. The van der Waals surface area contributed by atoms with Crippen molar-refractivity contribution in [3.63, 3.8) is 0 Å². The fraction of sp³-hybridized carbons (Fsp3) is 0.174. The highest BCUT2D eigenvalue weighted by atomic mass is 16.2. The van der Waals surface area contributed by atoms with Crippen molar-refractivity contribution in [1.29, 1.82) is 0 Å². The molecular formula is C23H22N4O2. The lowest BCUT2D eigenvalue weighted by molar-refractivity contribution is 0.0950. The van der Waals surface area contributed by atoms with Crippen LogP contribution in [0.2, 0.25) is 0 Å². The van der Waals surface area contributed by atoms with Gasteiger partial charge in [-0.25, -0.2) is 0 Å². The van der Waals surface area contributed by atoms with Crippen LogP contribution in [0, 0.1) is 6.92 Å². The third-order valence-electron chi connectivity index (χ3n) is 4.91. The van der Waals surface area contributed by atoms with Crippen molar-refractivity contribution in [3.05, 3.63) is 94.0 Å². The van der Waals surface area contributed by atoms with E-state index in [9.17, 15) is 9.59 Å². The van der Waals surface area contributed by atoms with Crippen LogP contribution in [0.15, 0.2) is 71.8 Å². The summed E-state index contributed by atoms with van der Waals surface area (Å²) in [7, 11) is 0. The fourth-order valence-electron chi connectivity index (χ4n) is 3.24. The van der Waals surface area contributed by atoms with Crippen LogP contribution < -0.4 is 10.9 Å². The zero-order chi connectivity index (χ0) is 20.4. The average molecular weight is 386 g/mol. The Kier molecular flexibility index (Phi) is 4.99. The van der Waals surface area contributed by atoms with Crippen LogP contribution in [0.1, 0.15) is 28.4 Å². The lowest BCUT2D eigenvalue weighted by Crippen LogP contribution is -2.24. The van der Waals surface area contributed by atoms with Gasteiger partial charge in [0.15, 0.2) is 0 Å². The fourth-order valence-corrected chi connectivity index (χ4v) is 3.24. The summed E-state index contributed by atoms with van der Waals surface area (Å²) in [4.78, 5) is 25.9. The molecule has 146 valence electrons. The maximum absolute atomic E-state index is 12.9. The van der Waals surface area contributed by atoms with Crippen LogP contribution in [-0.4, -0.2) is 20.3 Å². The van der Waals surface area contributed by atoms with Gasteiger partial charge >= 0.3 is 0 Å². The van der Waals surface area contributed by atoms with Gasteiger partial charge in [0, 0.05) is 25.5 Å². The summed E-state index contributed by atoms with van der Waals surface area (Å²) in [5.41, 5.74) is 3.85. The number of aromatic nitrogens is 3. The molecule has 6 nitrogen and oxygen atoms in total. The van der Waals surface area contributed by atoms with Gasteiger partial charge < -0.3 is 9.88 Å². The average Bonchev–Trinajstić information content (AvgIpc) is 3.09. The van der Waals surface area contributed by atoms with Crippen LogP contribution in [0.5, 0.6) is 0 Å². The summed E-state index contributed by atoms with van der Waals surface area (Å²) >= 11 is 0. The van der Waals surface area contributed by atoms with E-state index in [1.165, 1.54) is 10.2 Å². The Morgan fingerprint density at radius 1 is 1.03 bits per heavy atom. The van der Waals surface area contributed by atoms with E-state index in [-0.39, 0.29) is 11.5 Å². The first kappa shape index (κ1) is 18.7. The summed E-state index contributed by atoms with van der Waals surface area (Å²) in [5.74, 6) is -0.254. The summed E-state index contributed by atoms with van der Waals surface area (Å²) in [6.45, 7) is 5.04. The van der Waals surface area contributed by atoms with E-state index in [4.69, 9.17) is 0 Å². The maximum Gasteiger partial charge on any atom is 0.282 e. The van der Waals surface area contributed by atoms with Gasteiger partial charge in [0.1, 0.15) is 5.69 Å². The highest BCUT2D eigenvalue weighted by Crippen LogP contribution is 2.22. The minimum Gasteiger partial charge on any atom is -0.353 e. The Labute approximate surface area is 168 Å². The van der Waals surface area contributed by atoms with E-state index in [1.807, 2.05) is 73.0 Å². The molecular weight excluding hydrogens is 364 g/mol. The molecule has 0 unspecified atom stereocenters. The Morgan fingerprint density at radius 2 is 1.76 bits per heavy atom. The molecule has 0 atom stereocenters. The molecule has 1 amide bonds. The van der Waals surface area contributed by atoms with Gasteiger partial charge in [-0.3, -0.25) is 9.59 Å². The molecule has 6 heteroatoms. The summed E-state index contributed by atoms with van der Waals surface area (Å²) in [6, 6.07) is 17.2. The highest BCUT2D eigenvalue weighted by Gasteiger charge is 2.24. The number of nitrogens with one attached hydrogen (secondary N) is 1. The van der Waals surface area contributed by atoms with Crippen molar-refractivity contribution in [1.82, 2.24) is 19.7 Å². The van der Waals surface area contributed by atoms with Crippen molar-refractivity contribution in [2.45, 2.75) is 26.9 Å². The number of para-hydroxylation sites is 1. The molecule has 2 aliphatic heterocycles. The molecule has 1 N–H and O–H groups in total. The first-order chi connectivity index (χ1) is 14.1. The number of hydrogen-bond donors (Lipinski definition) is 1. The number of benzene rings is 2. The van der Waals surface area contributed by atoms with E-state index in [0.717, 1.165) is 5.56 Å². The van der Waals surface area contributed by atoms with Crippen molar-refractivity contribution < 1.29 is 4.79 Å². The summed E-state index contributed by atoms with van der Waals surface area (Å²) in [5, 5.41) is 7.42. The molecule has 2 heterocycles. The van der Waals surface area contributed by atoms with Crippen LogP contribution in [-0.2, 0) is 13.1 Å². The number of amides is 1. The zero-order valence-corrected chi connectivity index (χ0v) is 16.4. The first-order valence-corrected chi connectivity index (χ1v) is 9.59. The monoisotopic (exact) mass is 386 g/mol. The van der Waals surface area contributed by atoms with Crippen LogP contribution in [0.4, 0.5) is 0 Å². The van der Waals surface area contributed by atoms with Crippen molar-refractivity contribution in [3.8, 4) is 16.9 Å². The normalized spacial score (nSPS) is 11.0. The number of fused-ring (bicyclic) bond motifs is 1. The van der Waals surface area contributed by atoms with E-state index in [0.29, 0.717) is 35.6 Å². The molecule has 0 aromatic heterocycles. The van der Waals surface area contributed by atoms with Gasteiger partial charge in [-0.1, -0.05) is 48.0 Å². The third kappa shape index (κ3) is 3.69. The van der Waals surface area contributed by atoms with Crippen LogP contribution in [0.3, 0.4) is 0 Å². The maximum atomic E-state index is 12.9. The predicted octanol–water partition coefficient (Wildman–Crippen LogP) is 3.40. The highest BCUT2D eigenvalue weighted by molar-refractivity contribution is 5.99. The zero-order valence-electron chi connectivity index (χ0n) is 16.4. The molecule has 2 aromatic rings. The molecule has 0 spiro atoms. The summed E-state index contributed by atoms with van der Waals surface area (Å²) in [6.07, 6.45) is 3.50. The predicted molar refractivity (Wildman–Crippen MR) is 112 cm³/mol. The molecule has 0 aliphatic carbocycles. The topological polar surface area (TPSA) is 68.9 Å². The van der Waals surface area contributed by atoms with Crippen LogP contribution >= 0.6 is 0 Å². The van der Waals surface area contributed by atoms with E-state index in [2.05, 4.69) is 10.4 Å². The van der Waals surface area contributed by atoms with E-state index in [1.54, 1.807) is 12.4 Å². The number of carbonyl (C=O) groups excluding carboxylic acids is 1. The molecule has 0 saturated carbocycles. The lowest BCUT2D eigenvalue weighted by Gasteiger charge is -2.11. The Bertz CT molecular complexity index is 1170. The number of hydrogen-bond acceptors (Lipinski definition) is 3. The number of carbonyl (C=O) groups is 1. The molecule has 2 aromatic carbocycles. The quantitative estimate of drug-likeness (QED) is 0.572. The van der Waals surface area contributed by atoms with Gasteiger partial charge in [0.25, 0.3) is 11.5 Å². The van der Waals surface area contributed by atoms with Gasteiger partial charge in [0.05, 0.1) is 16.8 Å². The summed E-state index contributed by atoms with van der Waals surface area (Å²) < 4.78 is 3.18. The molecule has 2 aliphatic rings. The second kappa shape index (κ2) is 7.75. The van der Waals surface area contributed by atoms with Gasteiger partial charge in [-0.05, 0) is 31.5 Å². The third-order valence-corrected chi connectivity index (χ3v) is 4.91. The second-order valence-corrected chi connectivity index (χ2v) is 6.99. The minimum atomic E-state index is -0.254. The molecule has 0 radical (unpaired) electrons. The van der Waals surface area contributed by atoms with Gasteiger partial charge in [0.2, 0.25) is 0 Å².